The van der Waals surface area contributed by atoms with E-state index >= 15 is 0 Å². The summed E-state index contributed by atoms with van der Waals surface area (Å²) < 4.78 is 28.5. The lowest BCUT2D eigenvalue weighted by Crippen LogP contribution is -2.30. The molecule has 0 unspecified atom stereocenters. The lowest BCUT2D eigenvalue weighted by Gasteiger charge is -2.32. The first-order chi connectivity index (χ1) is 13.5. The van der Waals surface area contributed by atoms with Crippen molar-refractivity contribution in [3.8, 4) is 0 Å². The Morgan fingerprint density at radius 2 is 2.10 bits per heavy atom. The van der Waals surface area contributed by atoms with Crippen LogP contribution < -0.4 is 5.32 Å². The van der Waals surface area contributed by atoms with Gasteiger partial charge in [-0.15, -0.1) is 0 Å². The van der Waals surface area contributed by atoms with Gasteiger partial charge in [-0.2, -0.15) is 4.98 Å². The summed E-state index contributed by atoms with van der Waals surface area (Å²) in [5.41, 5.74) is 2.87. The van der Waals surface area contributed by atoms with Gasteiger partial charge in [0.2, 0.25) is 5.95 Å². The van der Waals surface area contributed by atoms with Crippen LogP contribution in [0.4, 0.5) is 16.0 Å². The molecular formula is C19H26FN5O4. The highest BCUT2D eigenvalue weighted by Crippen LogP contribution is 2.29. The number of aryl methyl sites for hydroxylation is 2. The number of methoxy groups -OCH3 is 1. The van der Waals surface area contributed by atoms with E-state index in [4.69, 9.17) is 4.74 Å². The largest absolute Gasteiger partial charge is 0.465 e. The van der Waals surface area contributed by atoms with Crippen LogP contribution in [-0.4, -0.2) is 51.1 Å². The number of halogens is 1. The van der Waals surface area contributed by atoms with E-state index in [2.05, 4.69) is 24.7 Å². The van der Waals surface area contributed by atoms with Crippen LogP contribution >= 0.6 is 0 Å². The summed E-state index contributed by atoms with van der Waals surface area (Å²) >= 11 is 0. The zero-order valence-electron chi connectivity index (χ0n) is 16.5. The molecule has 2 aromatic heterocycles. The molecular weight excluding hydrogens is 381 g/mol. The summed E-state index contributed by atoms with van der Waals surface area (Å²) in [4.78, 5) is 20.6. The van der Waals surface area contributed by atoms with Crippen molar-refractivity contribution in [2.24, 2.45) is 7.05 Å². The SMILES string of the molecule is COC(=O)c1cc(C)c(Nc2ncc3c(n2)n(C2CCOCC2)n3C)cc1F.O.[HH]. The van der Waals surface area contributed by atoms with Gasteiger partial charge in [0.1, 0.15) is 11.3 Å². The Bertz CT molecular complexity index is 1050. The van der Waals surface area contributed by atoms with Crippen molar-refractivity contribution >= 4 is 28.8 Å². The Balaban J connectivity index is 0.00000160. The van der Waals surface area contributed by atoms with E-state index in [1.165, 1.54) is 19.2 Å². The van der Waals surface area contributed by atoms with E-state index in [1.54, 1.807) is 13.1 Å². The fourth-order valence-electron chi connectivity index (χ4n) is 3.59. The topological polar surface area (TPSA) is 115 Å². The molecule has 1 aliphatic heterocycles. The van der Waals surface area contributed by atoms with Crippen LogP contribution in [0.1, 0.15) is 36.2 Å². The highest BCUT2D eigenvalue weighted by Gasteiger charge is 2.24. The number of rotatable bonds is 4. The fraction of sp³-hybridized carbons (Fsp3) is 0.421. The highest BCUT2D eigenvalue weighted by atomic mass is 19.1. The first-order valence-corrected chi connectivity index (χ1v) is 9.12. The molecule has 9 nitrogen and oxygen atoms in total. The van der Waals surface area contributed by atoms with E-state index in [-0.39, 0.29) is 12.5 Å². The predicted octanol–water partition coefficient (Wildman–Crippen LogP) is 2.52. The first kappa shape index (κ1) is 20.7. The number of ether oxygens (including phenoxy) is 2. The van der Waals surface area contributed by atoms with Gasteiger partial charge in [-0.05, 0) is 37.5 Å². The molecule has 1 saturated heterocycles. The van der Waals surface area contributed by atoms with Crippen LogP contribution in [-0.2, 0) is 16.5 Å². The normalized spacial score (nSPS) is 14.6. The number of nitrogens with zero attached hydrogens (tertiary/aromatic N) is 4. The van der Waals surface area contributed by atoms with Crippen molar-refractivity contribution in [2.45, 2.75) is 25.8 Å². The molecule has 1 aliphatic rings. The second kappa shape index (κ2) is 8.18. The molecule has 0 radical (unpaired) electrons. The number of esters is 1. The van der Waals surface area contributed by atoms with Gasteiger partial charge >= 0.3 is 5.97 Å². The highest BCUT2D eigenvalue weighted by molar-refractivity contribution is 5.90. The molecule has 0 bridgehead atoms. The number of carbonyl (C=O) groups is 1. The molecule has 3 aromatic rings. The molecule has 1 fully saturated rings. The van der Waals surface area contributed by atoms with Gasteiger partial charge in [0, 0.05) is 27.4 Å². The molecule has 158 valence electrons. The number of benzene rings is 1. The molecule has 0 aliphatic carbocycles. The average Bonchev–Trinajstić information content (AvgIpc) is 2.70. The minimum absolute atomic E-state index is 0. The van der Waals surface area contributed by atoms with Crippen LogP contribution in [0.3, 0.4) is 0 Å². The van der Waals surface area contributed by atoms with Crippen LogP contribution in [0.25, 0.3) is 11.2 Å². The quantitative estimate of drug-likeness (QED) is 0.665. The fourth-order valence-corrected chi connectivity index (χ4v) is 3.59. The molecule has 0 saturated carbocycles. The monoisotopic (exact) mass is 407 g/mol. The van der Waals surface area contributed by atoms with Gasteiger partial charge in [0.15, 0.2) is 5.65 Å². The maximum absolute atomic E-state index is 14.3. The van der Waals surface area contributed by atoms with E-state index in [0.717, 1.165) is 37.2 Å². The Morgan fingerprint density at radius 1 is 1.38 bits per heavy atom. The Morgan fingerprint density at radius 3 is 2.79 bits per heavy atom. The van der Waals surface area contributed by atoms with Crippen LogP contribution in [0.2, 0.25) is 0 Å². The second-order valence-corrected chi connectivity index (χ2v) is 6.88. The maximum Gasteiger partial charge on any atom is 0.340 e. The Hall–Kier alpha value is -2.98. The number of hydrogen-bond donors (Lipinski definition) is 1. The lowest BCUT2D eigenvalue weighted by molar-refractivity contribution is 0.0595. The number of fused-ring (bicyclic) bond motifs is 1. The van der Waals surface area contributed by atoms with Gasteiger partial charge in [0.25, 0.3) is 0 Å². The molecule has 4 rings (SSSR count). The third-order valence-corrected chi connectivity index (χ3v) is 5.14. The third kappa shape index (κ3) is 3.68. The number of hydrogen-bond acceptors (Lipinski definition) is 6. The summed E-state index contributed by atoms with van der Waals surface area (Å²) in [7, 11) is 3.21. The van der Waals surface area contributed by atoms with Crippen molar-refractivity contribution in [3.05, 3.63) is 35.3 Å². The smallest absolute Gasteiger partial charge is 0.340 e. The Kier molecular flexibility index (Phi) is 5.85. The predicted molar refractivity (Wildman–Crippen MR) is 107 cm³/mol. The minimum Gasteiger partial charge on any atom is -0.465 e. The first-order valence-electron chi connectivity index (χ1n) is 9.12. The van der Waals surface area contributed by atoms with Gasteiger partial charge in [-0.25, -0.2) is 14.2 Å². The molecule has 3 N–H and O–H groups in total. The van der Waals surface area contributed by atoms with Gasteiger partial charge in [0.05, 0.1) is 24.9 Å². The third-order valence-electron chi connectivity index (χ3n) is 5.14. The van der Waals surface area contributed by atoms with Crippen molar-refractivity contribution in [1.29, 1.82) is 0 Å². The summed E-state index contributed by atoms with van der Waals surface area (Å²) in [5.74, 6) is -0.996. The zero-order valence-corrected chi connectivity index (χ0v) is 16.5. The van der Waals surface area contributed by atoms with Crippen LogP contribution in [0.5, 0.6) is 0 Å². The van der Waals surface area contributed by atoms with Gasteiger partial charge in [-0.3, -0.25) is 9.36 Å². The molecule has 10 heteroatoms. The van der Waals surface area contributed by atoms with E-state index < -0.39 is 11.8 Å². The molecule has 0 spiro atoms. The van der Waals surface area contributed by atoms with Gasteiger partial charge in [-0.1, -0.05) is 0 Å². The van der Waals surface area contributed by atoms with Crippen molar-refractivity contribution < 1.29 is 25.6 Å². The van der Waals surface area contributed by atoms with E-state index in [9.17, 15) is 9.18 Å². The summed E-state index contributed by atoms with van der Waals surface area (Å²) in [6, 6.07) is 3.05. The lowest BCUT2D eigenvalue weighted by atomic mass is 10.1. The van der Waals surface area contributed by atoms with Crippen molar-refractivity contribution in [2.75, 3.05) is 25.6 Å². The van der Waals surface area contributed by atoms with Gasteiger partial charge < -0.3 is 20.3 Å². The maximum atomic E-state index is 14.3. The molecule has 1 aromatic carbocycles. The average molecular weight is 407 g/mol. The minimum atomic E-state index is -0.709. The van der Waals surface area contributed by atoms with Crippen LogP contribution in [0.15, 0.2) is 18.3 Å². The van der Waals surface area contributed by atoms with E-state index in [1.807, 2.05) is 11.7 Å². The molecule has 0 amide bonds. The number of carbonyl (C=O) groups excluding carboxylic acids is 1. The Labute approximate surface area is 168 Å². The number of aromatic nitrogens is 4. The zero-order chi connectivity index (χ0) is 19.8. The van der Waals surface area contributed by atoms with Crippen molar-refractivity contribution in [3.63, 3.8) is 0 Å². The standard InChI is InChI=1S/C19H22FN5O3.H2O.H2/c1-11-8-13(18(26)27-3)14(20)9-15(11)22-19-21-10-16-17(23-19)25(24(16)2)12-4-6-28-7-5-12;;/h8-10,12H,4-7H2,1-3H3,(H,21,22,23);1H2;1H. The number of nitrogens with one attached hydrogen (secondary N) is 1. The second-order valence-electron chi connectivity index (χ2n) is 6.88. The van der Waals surface area contributed by atoms with E-state index in [0.29, 0.717) is 23.2 Å². The molecule has 29 heavy (non-hydrogen) atoms. The summed E-state index contributed by atoms with van der Waals surface area (Å²) in [6.07, 6.45) is 3.63. The van der Waals surface area contributed by atoms with Crippen LogP contribution in [0, 0.1) is 12.7 Å². The number of anilines is 2. The molecule has 3 heterocycles. The summed E-state index contributed by atoms with van der Waals surface area (Å²) in [6.45, 7) is 3.26. The van der Waals surface area contributed by atoms with Crippen molar-refractivity contribution in [1.82, 2.24) is 19.3 Å². The summed E-state index contributed by atoms with van der Waals surface area (Å²) in [5, 5.41) is 3.05. The molecule has 0 atom stereocenters.